The fraction of sp³-hybridized carbons (Fsp3) is 0. The molecule has 0 fully saturated rings. The van der Waals surface area contributed by atoms with Crippen molar-refractivity contribution in [3.8, 4) is 67.8 Å². The molecule has 278 valence electrons. The van der Waals surface area contributed by atoms with Gasteiger partial charge >= 0.3 is 0 Å². The molecule has 0 radical (unpaired) electrons. The topological polar surface area (TPSA) is 48.5 Å². The van der Waals surface area contributed by atoms with Gasteiger partial charge in [0.2, 0.25) is 5.95 Å². The Labute approximate surface area is 345 Å². The van der Waals surface area contributed by atoms with Crippen molar-refractivity contribution in [2.75, 3.05) is 0 Å². The second-order valence-electron chi connectivity index (χ2n) is 15.6. The molecular formula is C55H33N5. The molecular weight excluding hydrogens is 731 g/mol. The maximum atomic E-state index is 5.12. The van der Waals surface area contributed by atoms with E-state index in [-0.39, 0.29) is 0 Å². The molecule has 0 saturated carbocycles. The lowest BCUT2D eigenvalue weighted by molar-refractivity contribution is 0.953. The van der Waals surface area contributed by atoms with E-state index in [0.717, 1.165) is 44.1 Å². The molecule has 0 unspecified atom stereocenters. The molecule has 1 aliphatic carbocycles. The Bertz CT molecular complexity index is 3620. The van der Waals surface area contributed by atoms with Gasteiger partial charge in [0.05, 0.1) is 27.8 Å². The molecule has 9 aromatic carbocycles. The van der Waals surface area contributed by atoms with Gasteiger partial charge in [0.25, 0.3) is 0 Å². The summed E-state index contributed by atoms with van der Waals surface area (Å²) in [7, 11) is 0. The Morgan fingerprint density at radius 1 is 0.283 bits per heavy atom. The van der Waals surface area contributed by atoms with Crippen molar-refractivity contribution < 1.29 is 0 Å². The summed E-state index contributed by atoms with van der Waals surface area (Å²) in [5, 5.41) is 7.34. The first-order valence-electron chi connectivity index (χ1n) is 20.4. The average Bonchev–Trinajstić information content (AvgIpc) is 3.96. The third-order valence-corrected chi connectivity index (χ3v) is 12.3. The second kappa shape index (κ2) is 12.7. The van der Waals surface area contributed by atoms with Gasteiger partial charge in [0.1, 0.15) is 0 Å². The van der Waals surface area contributed by atoms with Crippen molar-refractivity contribution in [3.63, 3.8) is 0 Å². The van der Waals surface area contributed by atoms with E-state index in [9.17, 15) is 0 Å². The van der Waals surface area contributed by atoms with E-state index < -0.39 is 0 Å². The van der Waals surface area contributed by atoms with Gasteiger partial charge in [0.15, 0.2) is 11.6 Å². The molecule has 12 aromatic rings. The van der Waals surface area contributed by atoms with Gasteiger partial charge in [0, 0.05) is 38.1 Å². The summed E-state index contributed by atoms with van der Waals surface area (Å²) in [6, 6.07) is 71.5. The molecule has 3 aromatic heterocycles. The van der Waals surface area contributed by atoms with Crippen LogP contribution in [0.1, 0.15) is 0 Å². The first-order chi connectivity index (χ1) is 29.8. The van der Waals surface area contributed by atoms with Crippen molar-refractivity contribution in [1.82, 2.24) is 24.1 Å². The van der Waals surface area contributed by atoms with Crippen molar-refractivity contribution >= 4 is 54.4 Å². The number of rotatable bonds is 5. The van der Waals surface area contributed by atoms with Gasteiger partial charge in [-0.3, -0.25) is 4.57 Å². The predicted molar refractivity (Wildman–Crippen MR) is 247 cm³/mol. The monoisotopic (exact) mass is 763 g/mol. The molecule has 0 spiro atoms. The van der Waals surface area contributed by atoms with Gasteiger partial charge in [-0.1, -0.05) is 158 Å². The Kier molecular flexibility index (Phi) is 6.95. The zero-order valence-corrected chi connectivity index (χ0v) is 32.3. The molecule has 13 rings (SSSR count). The Morgan fingerprint density at radius 2 is 0.750 bits per heavy atom. The number of para-hydroxylation sites is 2. The fourth-order valence-corrected chi connectivity index (χ4v) is 9.67. The van der Waals surface area contributed by atoms with Crippen LogP contribution in [0.3, 0.4) is 0 Å². The summed E-state index contributed by atoms with van der Waals surface area (Å²) in [5.74, 6) is 1.86. The van der Waals surface area contributed by atoms with E-state index in [1.165, 1.54) is 60.5 Å². The number of fused-ring (bicyclic) bond motifs is 9. The molecule has 5 nitrogen and oxygen atoms in total. The number of benzene rings is 9. The smallest absolute Gasteiger partial charge is 0.238 e. The van der Waals surface area contributed by atoms with Gasteiger partial charge in [-0.15, -0.1) is 0 Å². The highest BCUT2D eigenvalue weighted by atomic mass is 15.2. The van der Waals surface area contributed by atoms with Crippen LogP contribution >= 0.6 is 0 Å². The summed E-state index contributed by atoms with van der Waals surface area (Å²) in [5.41, 5.74) is 15.1. The minimum Gasteiger partial charge on any atom is -0.309 e. The van der Waals surface area contributed by atoms with Gasteiger partial charge in [-0.05, 0) is 81.2 Å². The summed E-state index contributed by atoms with van der Waals surface area (Å²) < 4.78 is 4.64. The lowest BCUT2D eigenvalue weighted by atomic mass is 10.0. The Morgan fingerprint density at radius 3 is 1.37 bits per heavy atom. The largest absolute Gasteiger partial charge is 0.309 e. The summed E-state index contributed by atoms with van der Waals surface area (Å²) in [4.78, 5) is 15.2. The molecule has 0 amide bonds. The van der Waals surface area contributed by atoms with E-state index in [4.69, 9.17) is 15.0 Å². The zero-order chi connectivity index (χ0) is 39.3. The van der Waals surface area contributed by atoms with Gasteiger partial charge < -0.3 is 4.57 Å². The van der Waals surface area contributed by atoms with Crippen molar-refractivity contribution in [3.05, 3.63) is 200 Å². The SMILES string of the molecule is c1ccc(-c2nc(-c3ccccc3)nc(-n3c4ccccc4c4cc(-c5ccc6c(c5)c5ccccc5n6-c5ccc6c7c(cccc57)-c5ccccc5-6)ccc43)n2)cc1. The zero-order valence-electron chi connectivity index (χ0n) is 32.3. The van der Waals surface area contributed by atoms with Crippen LogP contribution in [0.2, 0.25) is 0 Å². The molecule has 1 aliphatic rings. The van der Waals surface area contributed by atoms with Crippen molar-refractivity contribution in [1.29, 1.82) is 0 Å². The van der Waals surface area contributed by atoms with E-state index >= 15 is 0 Å². The summed E-state index contributed by atoms with van der Waals surface area (Å²) in [6.07, 6.45) is 0. The van der Waals surface area contributed by atoms with Crippen LogP contribution in [-0.4, -0.2) is 24.1 Å². The highest BCUT2D eigenvalue weighted by Gasteiger charge is 2.24. The standard InChI is InChI=1S/C55H33N5/c1-3-14-34(15-4-1)53-56-54(35-16-5-2-6-17-35)58-55(57-53)60-48-25-12-10-21-41(48)46-33-37(27-30-51(46)60)36-26-29-50-45(32-36)40-20-9-11-24-47(40)59(50)49-31-28-43-39-19-8-7-18-38(39)42-22-13-23-44(49)52(42)43/h1-33H. The number of hydrogen-bond donors (Lipinski definition) is 0. The molecule has 0 atom stereocenters. The molecule has 0 aliphatic heterocycles. The highest BCUT2D eigenvalue weighted by Crippen LogP contribution is 2.49. The lowest BCUT2D eigenvalue weighted by Crippen LogP contribution is -2.06. The van der Waals surface area contributed by atoms with E-state index in [1.54, 1.807) is 0 Å². The summed E-state index contributed by atoms with van der Waals surface area (Å²) >= 11 is 0. The van der Waals surface area contributed by atoms with Crippen molar-refractivity contribution in [2.45, 2.75) is 0 Å². The molecule has 3 heterocycles. The average molecular weight is 764 g/mol. The minimum absolute atomic E-state index is 0.586. The quantitative estimate of drug-likeness (QED) is 0.175. The summed E-state index contributed by atoms with van der Waals surface area (Å²) in [6.45, 7) is 0. The lowest BCUT2D eigenvalue weighted by Gasteiger charge is -2.13. The predicted octanol–water partition coefficient (Wildman–Crippen LogP) is 13.9. The molecule has 0 N–H and O–H groups in total. The van der Waals surface area contributed by atoms with Gasteiger partial charge in [-0.2, -0.15) is 9.97 Å². The van der Waals surface area contributed by atoms with Crippen molar-refractivity contribution in [2.24, 2.45) is 0 Å². The van der Waals surface area contributed by atoms with Crippen LogP contribution < -0.4 is 0 Å². The Balaban J connectivity index is 0.985. The van der Waals surface area contributed by atoms with E-state index in [1.807, 2.05) is 60.7 Å². The number of hydrogen-bond acceptors (Lipinski definition) is 3. The second-order valence-corrected chi connectivity index (χ2v) is 15.6. The van der Waals surface area contributed by atoms with E-state index in [0.29, 0.717) is 17.6 Å². The molecule has 0 saturated heterocycles. The third kappa shape index (κ3) is 4.77. The molecule has 5 heteroatoms. The first-order valence-corrected chi connectivity index (χ1v) is 20.4. The van der Waals surface area contributed by atoms with Crippen LogP contribution in [0.5, 0.6) is 0 Å². The third-order valence-electron chi connectivity index (χ3n) is 12.3. The molecule has 0 bridgehead atoms. The number of aromatic nitrogens is 5. The normalized spacial score (nSPS) is 12.0. The van der Waals surface area contributed by atoms with Crippen LogP contribution in [-0.2, 0) is 0 Å². The van der Waals surface area contributed by atoms with Crippen LogP contribution in [0.4, 0.5) is 0 Å². The van der Waals surface area contributed by atoms with Crippen LogP contribution in [0.15, 0.2) is 200 Å². The van der Waals surface area contributed by atoms with Crippen LogP contribution in [0, 0.1) is 0 Å². The minimum atomic E-state index is 0.586. The Hall–Kier alpha value is -8.15. The van der Waals surface area contributed by atoms with E-state index in [2.05, 4.69) is 149 Å². The van der Waals surface area contributed by atoms with Crippen LogP contribution in [0.25, 0.3) is 122 Å². The number of nitrogens with zero attached hydrogens (tertiary/aromatic N) is 5. The molecule has 60 heavy (non-hydrogen) atoms. The van der Waals surface area contributed by atoms with Gasteiger partial charge in [-0.25, -0.2) is 4.98 Å². The maximum absolute atomic E-state index is 5.12. The maximum Gasteiger partial charge on any atom is 0.238 e. The highest BCUT2D eigenvalue weighted by molar-refractivity contribution is 6.19. The fourth-order valence-electron chi connectivity index (χ4n) is 9.67. The first kappa shape index (κ1) is 32.9.